The first-order valence-corrected chi connectivity index (χ1v) is 6.79. The summed E-state index contributed by atoms with van der Waals surface area (Å²) in [5, 5.41) is 0. The van der Waals surface area contributed by atoms with Gasteiger partial charge in [0, 0.05) is 0 Å². The Bertz CT molecular complexity index is 588. The molecule has 2 aromatic carbocycles. The van der Waals surface area contributed by atoms with Crippen molar-refractivity contribution in [2.75, 3.05) is 0 Å². The zero-order valence-electron chi connectivity index (χ0n) is 12.2. The molecule has 0 bridgehead atoms. The number of hydrazine groups is 1. The first-order valence-electron chi connectivity index (χ1n) is 6.79. The summed E-state index contributed by atoms with van der Waals surface area (Å²) in [4.78, 5) is 0. The summed E-state index contributed by atoms with van der Waals surface area (Å²) in [5.74, 6) is 5.44. The minimum atomic E-state index is -0.230. The molecule has 2 aromatic rings. The summed E-state index contributed by atoms with van der Waals surface area (Å²) < 4.78 is 13.4. The minimum Gasteiger partial charge on any atom is -0.271 e. The fourth-order valence-electron chi connectivity index (χ4n) is 2.67. The van der Waals surface area contributed by atoms with Crippen LogP contribution in [0.1, 0.15) is 33.9 Å². The molecule has 0 amide bonds. The number of aryl methyl sites for hydroxylation is 3. The van der Waals surface area contributed by atoms with Gasteiger partial charge in [0.1, 0.15) is 5.82 Å². The molecule has 0 saturated heterocycles. The molecule has 0 aliphatic heterocycles. The van der Waals surface area contributed by atoms with Gasteiger partial charge in [-0.25, -0.2) is 4.39 Å². The predicted octanol–water partition coefficient (Wildman–Crippen LogP) is 3.50. The number of hydrogen-bond donors (Lipinski definition) is 2. The lowest BCUT2D eigenvalue weighted by molar-refractivity contribution is 0.541. The summed E-state index contributed by atoms with van der Waals surface area (Å²) >= 11 is 0. The van der Waals surface area contributed by atoms with Crippen LogP contribution in [0.25, 0.3) is 0 Å². The average Bonchev–Trinajstić information content (AvgIpc) is 2.38. The summed E-state index contributed by atoms with van der Waals surface area (Å²) in [6.45, 7) is 6.13. The largest absolute Gasteiger partial charge is 0.271 e. The van der Waals surface area contributed by atoms with Crippen LogP contribution in [0.3, 0.4) is 0 Å². The molecule has 0 aromatic heterocycles. The van der Waals surface area contributed by atoms with Crippen LogP contribution in [0.15, 0.2) is 36.4 Å². The van der Waals surface area contributed by atoms with Crippen LogP contribution in [0.2, 0.25) is 0 Å². The van der Waals surface area contributed by atoms with E-state index in [2.05, 4.69) is 37.5 Å². The molecular weight excluding hydrogens is 251 g/mol. The van der Waals surface area contributed by atoms with Gasteiger partial charge in [-0.05, 0) is 56.0 Å². The standard InChI is InChI=1S/C17H21FN2/c1-11-6-12(2)8-14(7-11)9-17(20-19)16-10-15(18)5-4-13(16)3/h4-8,10,17,20H,9,19H2,1-3H3. The van der Waals surface area contributed by atoms with E-state index in [-0.39, 0.29) is 11.9 Å². The second-order valence-electron chi connectivity index (χ2n) is 5.42. The number of rotatable bonds is 4. The van der Waals surface area contributed by atoms with Crippen molar-refractivity contribution in [1.29, 1.82) is 0 Å². The van der Waals surface area contributed by atoms with Gasteiger partial charge in [0.25, 0.3) is 0 Å². The van der Waals surface area contributed by atoms with E-state index < -0.39 is 0 Å². The van der Waals surface area contributed by atoms with Crippen molar-refractivity contribution in [1.82, 2.24) is 5.43 Å². The number of halogens is 1. The van der Waals surface area contributed by atoms with E-state index in [1.807, 2.05) is 6.92 Å². The van der Waals surface area contributed by atoms with E-state index in [1.54, 1.807) is 12.1 Å². The van der Waals surface area contributed by atoms with Crippen LogP contribution in [-0.4, -0.2) is 0 Å². The highest BCUT2D eigenvalue weighted by Crippen LogP contribution is 2.23. The molecule has 20 heavy (non-hydrogen) atoms. The number of benzene rings is 2. The molecule has 3 N–H and O–H groups in total. The van der Waals surface area contributed by atoms with Gasteiger partial charge in [-0.1, -0.05) is 35.4 Å². The first kappa shape index (κ1) is 14.7. The third-order valence-electron chi connectivity index (χ3n) is 3.54. The van der Waals surface area contributed by atoms with Crippen molar-refractivity contribution in [3.63, 3.8) is 0 Å². The van der Waals surface area contributed by atoms with Crippen LogP contribution < -0.4 is 11.3 Å². The second-order valence-corrected chi connectivity index (χ2v) is 5.42. The van der Waals surface area contributed by atoms with Crippen molar-refractivity contribution in [2.45, 2.75) is 33.2 Å². The van der Waals surface area contributed by atoms with Crippen LogP contribution in [0.4, 0.5) is 4.39 Å². The molecule has 0 saturated carbocycles. The molecular formula is C17H21FN2. The van der Waals surface area contributed by atoms with Gasteiger partial charge in [0.2, 0.25) is 0 Å². The molecule has 1 atom stereocenters. The maximum Gasteiger partial charge on any atom is 0.123 e. The monoisotopic (exact) mass is 272 g/mol. The van der Waals surface area contributed by atoms with Gasteiger partial charge in [0.05, 0.1) is 6.04 Å². The normalized spacial score (nSPS) is 12.4. The predicted molar refractivity (Wildman–Crippen MR) is 80.8 cm³/mol. The van der Waals surface area contributed by atoms with Gasteiger partial charge >= 0.3 is 0 Å². The topological polar surface area (TPSA) is 38.0 Å². The lowest BCUT2D eigenvalue weighted by Gasteiger charge is -2.19. The van der Waals surface area contributed by atoms with E-state index in [9.17, 15) is 4.39 Å². The Balaban J connectivity index is 2.31. The van der Waals surface area contributed by atoms with E-state index in [0.717, 1.165) is 17.5 Å². The summed E-state index contributed by atoms with van der Waals surface area (Å²) in [5.41, 5.74) is 8.42. The smallest absolute Gasteiger partial charge is 0.123 e. The van der Waals surface area contributed by atoms with E-state index >= 15 is 0 Å². The molecule has 0 spiro atoms. The van der Waals surface area contributed by atoms with Crippen LogP contribution in [0, 0.1) is 26.6 Å². The van der Waals surface area contributed by atoms with Gasteiger partial charge in [-0.15, -0.1) is 0 Å². The molecule has 0 fully saturated rings. The van der Waals surface area contributed by atoms with Gasteiger partial charge < -0.3 is 0 Å². The Morgan fingerprint density at radius 1 is 1.05 bits per heavy atom. The van der Waals surface area contributed by atoms with Crippen molar-refractivity contribution in [2.24, 2.45) is 5.84 Å². The highest BCUT2D eigenvalue weighted by atomic mass is 19.1. The summed E-state index contributed by atoms with van der Waals surface area (Å²) in [6, 6.07) is 11.2. The quantitative estimate of drug-likeness (QED) is 0.660. The maximum atomic E-state index is 13.4. The fraction of sp³-hybridized carbons (Fsp3) is 0.294. The van der Waals surface area contributed by atoms with Crippen LogP contribution >= 0.6 is 0 Å². The van der Waals surface area contributed by atoms with Crippen LogP contribution in [-0.2, 0) is 6.42 Å². The molecule has 0 aliphatic rings. The van der Waals surface area contributed by atoms with Crippen molar-refractivity contribution in [3.8, 4) is 0 Å². The minimum absolute atomic E-state index is 0.0908. The zero-order valence-corrected chi connectivity index (χ0v) is 12.2. The molecule has 0 aliphatic carbocycles. The Kier molecular flexibility index (Phi) is 4.53. The number of hydrogen-bond acceptors (Lipinski definition) is 2. The van der Waals surface area contributed by atoms with Gasteiger partial charge in [-0.2, -0.15) is 0 Å². The third-order valence-corrected chi connectivity index (χ3v) is 3.54. The van der Waals surface area contributed by atoms with Crippen molar-refractivity contribution < 1.29 is 4.39 Å². The highest BCUT2D eigenvalue weighted by Gasteiger charge is 2.14. The van der Waals surface area contributed by atoms with Gasteiger partial charge in [-0.3, -0.25) is 11.3 Å². The van der Waals surface area contributed by atoms with E-state index in [0.29, 0.717) is 0 Å². The Hall–Kier alpha value is -1.71. The molecule has 2 nitrogen and oxygen atoms in total. The second kappa shape index (κ2) is 6.16. The maximum absolute atomic E-state index is 13.4. The molecule has 0 heterocycles. The Morgan fingerprint density at radius 3 is 2.30 bits per heavy atom. The SMILES string of the molecule is Cc1cc(C)cc(CC(NN)c2cc(F)ccc2C)c1. The first-order chi connectivity index (χ1) is 9.49. The lowest BCUT2D eigenvalue weighted by atomic mass is 9.94. The molecule has 3 heteroatoms. The fourth-order valence-corrected chi connectivity index (χ4v) is 2.67. The number of nitrogens with one attached hydrogen (secondary N) is 1. The average molecular weight is 272 g/mol. The van der Waals surface area contributed by atoms with Gasteiger partial charge in [0.15, 0.2) is 0 Å². The Labute approximate surface area is 119 Å². The number of nitrogens with two attached hydrogens (primary N) is 1. The lowest BCUT2D eigenvalue weighted by Crippen LogP contribution is -2.30. The molecule has 1 unspecified atom stereocenters. The zero-order chi connectivity index (χ0) is 14.7. The highest BCUT2D eigenvalue weighted by molar-refractivity contribution is 5.33. The molecule has 2 rings (SSSR count). The van der Waals surface area contributed by atoms with Crippen LogP contribution in [0.5, 0.6) is 0 Å². The summed E-state index contributed by atoms with van der Waals surface area (Å²) in [7, 11) is 0. The van der Waals surface area contributed by atoms with E-state index in [1.165, 1.54) is 22.8 Å². The molecule has 106 valence electrons. The van der Waals surface area contributed by atoms with Crippen molar-refractivity contribution >= 4 is 0 Å². The van der Waals surface area contributed by atoms with Crippen molar-refractivity contribution in [3.05, 3.63) is 70.0 Å². The molecule has 0 radical (unpaired) electrons. The van der Waals surface area contributed by atoms with E-state index in [4.69, 9.17) is 5.84 Å². The summed E-state index contributed by atoms with van der Waals surface area (Å²) in [6.07, 6.45) is 0.739. The third kappa shape index (κ3) is 3.44. The Morgan fingerprint density at radius 2 is 1.70 bits per heavy atom.